The lowest BCUT2D eigenvalue weighted by Crippen LogP contribution is -2.16. The van der Waals surface area contributed by atoms with Crippen LogP contribution in [0.15, 0.2) is 30.3 Å². The summed E-state index contributed by atoms with van der Waals surface area (Å²) in [6.07, 6.45) is 0.860. The molecule has 18 heavy (non-hydrogen) atoms. The molecule has 0 aliphatic rings. The Morgan fingerprint density at radius 2 is 1.44 bits per heavy atom. The zero-order valence-electron chi connectivity index (χ0n) is 10.9. The van der Waals surface area contributed by atoms with Crippen molar-refractivity contribution in [2.45, 2.75) is 25.6 Å². The number of nitrogens with two attached hydrogens (primary N) is 1. The van der Waals surface area contributed by atoms with E-state index in [1.54, 1.807) is 0 Å². The summed E-state index contributed by atoms with van der Waals surface area (Å²) in [5.41, 5.74) is 6.64. The molecule has 0 amide bonds. The molecular formula is C13H23Cl4N. The van der Waals surface area contributed by atoms with Crippen molar-refractivity contribution in [3.63, 3.8) is 0 Å². The first-order chi connectivity index (χ1) is 8.15. The minimum absolute atomic E-state index is 0. The van der Waals surface area contributed by atoms with Crippen molar-refractivity contribution in [1.29, 1.82) is 0 Å². The second-order valence-electron chi connectivity index (χ2n) is 3.06. The van der Waals surface area contributed by atoms with Crippen LogP contribution in [-0.2, 0) is 6.42 Å². The second kappa shape index (κ2) is 19.7. The third-order valence-electron chi connectivity index (χ3n) is 1.56. The Kier molecular flexibility index (Phi) is 25.6. The standard InChI is InChI=1S/C9H12ClN.2C2H5Cl.ClH/c10-9(7-11)6-8-4-2-1-3-5-8;2*1-2-3;/h1-5,9H,6-7,11H2;2*2H2,1H3;1H. The van der Waals surface area contributed by atoms with E-state index in [9.17, 15) is 0 Å². The summed E-state index contributed by atoms with van der Waals surface area (Å²) in [5, 5.41) is 0.0670. The van der Waals surface area contributed by atoms with Gasteiger partial charge in [0, 0.05) is 23.7 Å². The van der Waals surface area contributed by atoms with Crippen LogP contribution in [-0.4, -0.2) is 23.7 Å². The van der Waals surface area contributed by atoms with Crippen LogP contribution in [0.5, 0.6) is 0 Å². The van der Waals surface area contributed by atoms with Gasteiger partial charge in [-0.25, -0.2) is 0 Å². The van der Waals surface area contributed by atoms with E-state index >= 15 is 0 Å². The Balaban J connectivity index is -0.000000276. The zero-order valence-corrected chi connectivity index (χ0v) is 14.0. The molecule has 108 valence electrons. The Morgan fingerprint density at radius 1 is 1.06 bits per heavy atom. The molecule has 1 aromatic carbocycles. The van der Waals surface area contributed by atoms with Crippen molar-refractivity contribution in [1.82, 2.24) is 0 Å². The lowest BCUT2D eigenvalue weighted by molar-refractivity contribution is 0.842. The van der Waals surface area contributed by atoms with Crippen molar-refractivity contribution in [3.05, 3.63) is 35.9 Å². The third kappa shape index (κ3) is 18.7. The first-order valence-electron chi connectivity index (χ1n) is 5.66. The highest BCUT2D eigenvalue weighted by Gasteiger charge is 2.01. The van der Waals surface area contributed by atoms with Gasteiger partial charge in [0.1, 0.15) is 0 Å². The number of alkyl halides is 3. The Hall–Kier alpha value is 0.340. The van der Waals surface area contributed by atoms with E-state index < -0.39 is 0 Å². The first-order valence-corrected chi connectivity index (χ1v) is 7.16. The molecule has 1 aromatic rings. The number of rotatable bonds is 3. The van der Waals surface area contributed by atoms with Crippen LogP contribution >= 0.6 is 47.2 Å². The van der Waals surface area contributed by atoms with Gasteiger partial charge in [-0.15, -0.1) is 47.2 Å². The smallest absolute Gasteiger partial charge is 0.0498 e. The van der Waals surface area contributed by atoms with E-state index in [0.29, 0.717) is 6.54 Å². The van der Waals surface area contributed by atoms with Gasteiger partial charge in [-0.3, -0.25) is 0 Å². The van der Waals surface area contributed by atoms with Crippen LogP contribution in [0, 0.1) is 0 Å². The lowest BCUT2D eigenvalue weighted by Gasteiger charge is -2.04. The fraction of sp³-hybridized carbons (Fsp3) is 0.538. The molecule has 2 N–H and O–H groups in total. The maximum absolute atomic E-state index is 5.87. The minimum atomic E-state index is 0. The van der Waals surface area contributed by atoms with Gasteiger partial charge in [-0.1, -0.05) is 44.2 Å². The molecule has 1 rings (SSSR count). The van der Waals surface area contributed by atoms with Gasteiger partial charge in [0.15, 0.2) is 0 Å². The first kappa shape index (κ1) is 23.4. The number of benzene rings is 1. The summed E-state index contributed by atoms with van der Waals surface area (Å²) in [4.78, 5) is 0. The van der Waals surface area contributed by atoms with Gasteiger partial charge >= 0.3 is 0 Å². The number of halogens is 4. The van der Waals surface area contributed by atoms with Gasteiger partial charge in [0.2, 0.25) is 0 Å². The molecular weight excluding hydrogens is 312 g/mol. The van der Waals surface area contributed by atoms with Crippen molar-refractivity contribution >= 4 is 47.2 Å². The topological polar surface area (TPSA) is 26.0 Å². The molecule has 5 heteroatoms. The minimum Gasteiger partial charge on any atom is -0.329 e. The highest BCUT2D eigenvalue weighted by molar-refractivity contribution is 6.20. The maximum atomic E-state index is 5.87. The molecule has 0 saturated heterocycles. The molecule has 0 heterocycles. The van der Waals surface area contributed by atoms with Gasteiger partial charge in [-0.05, 0) is 12.0 Å². The van der Waals surface area contributed by atoms with E-state index in [1.807, 2.05) is 32.0 Å². The Labute approximate surface area is 132 Å². The SMILES string of the molecule is CCCl.CCCl.Cl.NCC(Cl)Cc1ccccc1. The summed E-state index contributed by atoms with van der Waals surface area (Å²) in [6, 6.07) is 10.1. The van der Waals surface area contributed by atoms with Crippen molar-refractivity contribution in [2.24, 2.45) is 5.73 Å². The quantitative estimate of drug-likeness (QED) is 0.796. The van der Waals surface area contributed by atoms with Crippen LogP contribution in [0.1, 0.15) is 19.4 Å². The summed E-state index contributed by atoms with van der Waals surface area (Å²) < 4.78 is 0. The fourth-order valence-corrected chi connectivity index (χ4v) is 1.13. The average Bonchev–Trinajstić information content (AvgIpc) is 2.32. The van der Waals surface area contributed by atoms with E-state index in [1.165, 1.54) is 5.56 Å². The molecule has 0 radical (unpaired) electrons. The van der Waals surface area contributed by atoms with Crippen LogP contribution in [0.4, 0.5) is 0 Å². The molecule has 0 aromatic heterocycles. The summed E-state index contributed by atoms with van der Waals surface area (Å²) >= 11 is 15.9. The Morgan fingerprint density at radius 3 is 1.78 bits per heavy atom. The van der Waals surface area contributed by atoms with Gasteiger partial charge < -0.3 is 5.73 Å². The maximum Gasteiger partial charge on any atom is 0.0498 e. The highest BCUT2D eigenvalue weighted by Crippen LogP contribution is 2.06. The lowest BCUT2D eigenvalue weighted by atomic mass is 10.1. The van der Waals surface area contributed by atoms with Gasteiger partial charge in [0.25, 0.3) is 0 Å². The number of hydrogen-bond acceptors (Lipinski definition) is 1. The van der Waals surface area contributed by atoms with Crippen LogP contribution in [0.3, 0.4) is 0 Å². The van der Waals surface area contributed by atoms with E-state index in [-0.39, 0.29) is 17.8 Å². The van der Waals surface area contributed by atoms with E-state index in [0.717, 1.165) is 18.2 Å². The summed E-state index contributed by atoms with van der Waals surface area (Å²) in [7, 11) is 0. The fourth-order valence-electron chi connectivity index (χ4n) is 0.953. The number of hydrogen-bond donors (Lipinski definition) is 1. The molecule has 1 unspecified atom stereocenters. The van der Waals surface area contributed by atoms with Crippen LogP contribution in [0.25, 0.3) is 0 Å². The Bertz CT molecular complexity index is 230. The summed E-state index contributed by atoms with van der Waals surface area (Å²) in [6.45, 7) is 4.32. The van der Waals surface area contributed by atoms with E-state index in [2.05, 4.69) is 12.1 Å². The summed E-state index contributed by atoms with van der Waals surface area (Å²) in [5.74, 6) is 1.44. The van der Waals surface area contributed by atoms with Crippen molar-refractivity contribution in [2.75, 3.05) is 18.3 Å². The predicted octanol–water partition coefficient (Wildman–Crippen LogP) is 4.71. The van der Waals surface area contributed by atoms with Gasteiger partial charge in [0.05, 0.1) is 0 Å². The predicted molar refractivity (Wildman–Crippen MR) is 88.9 cm³/mol. The normalized spacial score (nSPS) is 9.89. The van der Waals surface area contributed by atoms with Gasteiger partial charge in [-0.2, -0.15) is 0 Å². The average molecular weight is 335 g/mol. The van der Waals surface area contributed by atoms with Crippen LogP contribution in [0.2, 0.25) is 0 Å². The third-order valence-corrected chi connectivity index (χ3v) is 1.89. The van der Waals surface area contributed by atoms with E-state index in [4.69, 9.17) is 40.5 Å². The molecule has 1 atom stereocenters. The van der Waals surface area contributed by atoms with Crippen LogP contribution < -0.4 is 5.73 Å². The largest absolute Gasteiger partial charge is 0.329 e. The molecule has 1 nitrogen and oxygen atoms in total. The molecule has 0 bridgehead atoms. The molecule has 0 aliphatic carbocycles. The molecule has 0 saturated carbocycles. The molecule has 0 spiro atoms. The van der Waals surface area contributed by atoms with Crippen molar-refractivity contribution in [3.8, 4) is 0 Å². The molecule has 0 aliphatic heterocycles. The highest BCUT2D eigenvalue weighted by atomic mass is 35.5. The molecule has 0 fully saturated rings. The van der Waals surface area contributed by atoms with Crippen molar-refractivity contribution < 1.29 is 0 Å². The zero-order chi connectivity index (χ0) is 13.5. The second-order valence-corrected chi connectivity index (χ2v) is 4.74. The monoisotopic (exact) mass is 333 g/mol.